The Morgan fingerprint density at radius 3 is 2.38 bits per heavy atom. The maximum atomic E-state index is 11.8. The highest BCUT2D eigenvalue weighted by molar-refractivity contribution is 6.40. The number of carbonyl (C=O) groups excluding carboxylic acids is 1. The summed E-state index contributed by atoms with van der Waals surface area (Å²) in [5, 5.41) is 14.4. The number of urea groups is 1. The molecule has 21 heavy (non-hydrogen) atoms. The molecule has 0 saturated heterocycles. The summed E-state index contributed by atoms with van der Waals surface area (Å²) in [4.78, 5) is 22.7. The Morgan fingerprint density at radius 1 is 1.33 bits per heavy atom. The number of amides is 2. The Bertz CT molecular complexity index is 550. The van der Waals surface area contributed by atoms with Gasteiger partial charge >= 0.3 is 12.0 Å². The molecule has 1 unspecified atom stereocenters. The minimum absolute atomic E-state index is 0.0293. The molecule has 1 aliphatic carbocycles. The summed E-state index contributed by atoms with van der Waals surface area (Å²) in [7, 11) is 0. The van der Waals surface area contributed by atoms with Gasteiger partial charge in [-0.05, 0) is 36.8 Å². The number of hydrogen-bond acceptors (Lipinski definition) is 2. The number of nitrogens with one attached hydrogen (secondary N) is 2. The number of carbonyl (C=O) groups is 2. The van der Waals surface area contributed by atoms with Gasteiger partial charge < -0.3 is 15.7 Å². The molecule has 2 amide bonds. The molecule has 1 aromatic rings. The number of hydrogen-bond donors (Lipinski definition) is 3. The Morgan fingerprint density at radius 2 is 1.90 bits per heavy atom. The van der Waals surface area contributed by atoms with Crippen LogP contribution in [-0.2, 0) is 0 Å². The lowest BCUT2D eigenvalue weighted by Crippen LogP contribution is -2.33. The Labute approximate surface area is 132 Å². The van der Waals surface area contributed by atoms with Crippen molar-refractivity contribution < 1.29 is 14.7 Å². The van der Waals surface area contributed by atoms with Crippen LogP contribution >= 0.6 is 23.2 Å². The monoisotopic (exact) mass is 330 g/mol. The lowest BCUT2D eigenvalue weighted by molar-refractivity contribution is 0.0697. The minimum Gasteiger partial charge on any atom is -0.478 e. The van der Waals surface area contributed by atoms with Crippen molar-refractivity contribution in [2.45, 2.75) is 19.8 Å². The van der Waals surface area contributed by atoms with Gasteiger partial charge in [-0.15, -0.1) is 0 Å². The second-order valence-corrected chi connectivity index (χ2v) is 6.08. The molecule has 0 spiro atoms. The fourth-order valence-corrected chi connectivity index (χ4v) is 2.64. The zero-order valence-corrected chi connectivity index (χ0v) is 13.0. The van der Waals surface area contributed by atoms with E-state index in [9.17, 15) is 9.59 Å². The number of halogens is 2. The van der Waals surface area contributed by atoms with Crippen molar-refractivity contribution in [3.8, 4) is 0 Å². The molecule has 114 valence electrons. The van der Waals surface area contributed by atoms with Crippen LogP contribution in [0.25, 0.3) is 0 Å². The maximum absolute atomic E-state index is 11.8. The molecule has 0 radical (unpaired) electrons. The van der Waals surface area contributed by atoms with E-state index in [1.165, 1.54) is 25.0 Å². The summed E-state index contributed by atoms with van der Waals surface area (Å²) in [6.07, 6.45) is 2.44. The standard InChI is InChI=1S/C14H16Cl2N2O3/c1-7(8-2-3-8)6-17-14(21)18-12-10(15)4-9(13(19)20)5-11(12)16/h4-5,7-8H,2-3,6H2,1H3,(H,19,20)(H2,17,18,21). The Kier molecular flexibility index (Phi) is 4.96. The maximum Gasteiger partial charge on any atom is 0.335 e. The fourth-order valence-electron chi connectivity index (χ4n) is 2.06. The highest BCUT2D eigenvalue weighted by atomic mass is 35.5. The molecule has 1 atom stereocenters. The summed E-state index contributed by atoms with van der Waals surface area (Å²) in [6.45, 7) is 2.68. The number of aromatic carboxylic acids is 1. The van der Waals surface area contributed by atoms with Gasteiger partial charge in [0, 0.05) is 6.54 Å². The third kappa shape index (κ3) is 4.25. The van der Waals surface area contributed by atoms with Crippen molar-refractivity contribution in [1.82, 2.24) is 5.32 Å². The van der Waals surface area contributed by atoms with E-state index in [0.717, 1.165) is 0 Å². The van der Waals surface area contributed by atoms with E-state index < -0.39 is 12.0 Å². The van der Waals surface area contributed by atoms with Crippen LogP contribution in [0.1, 0.15) is 30.1 Å². The summed E-state index contributed by atoms with van der Waals surface area (Å²) in [5.74, 6) is 0.0106. The van der Waals surface area contributed by atoms with Crippen LogP contribution in [0.2, 0.25) is 10.0 Å². The molecule has 7 heteroatoms. The zero-order chi connectivity index (χ0) is 15.6. The summed E-state index contributed by atoms with van der Waals surface area (Å²) in [6, 6.07) is 2.09. The van der Waals surface area contributed by atoms with Gasteiger partial charge in [-0.25, -0.2) is 9.59 Å². The number of rotatable bonds is 5. The summed E-state index contributed by atoms with van der Waals surface area (Å²) in [5.41, 5.74) is 0.179. The molecule has 1 aliphatic rings. The van der Waals surface area contributed by atoms with Crippen LogP contribution in [0.4, 0.5) is 10.5 Å². The molecule has 5 nitrogen and oxygen atoms in total. The minimum atomic E-state index is -1.13. The van der Waals surface area contributed by atoms with Gasteiger partial charge in [0.05, 0.1) is 21.3 Å². The molecule has 1 fully saturated rings. The SMILES string of the molecule is CC(CNC(=O)Nc1c(Cl)cc(C(=O)O)cc1Cl)C1CC1. The van der Waals surface area contributed by atoms with Crippen molar-refractivity contribution in [2.24, 2.45) is 11.8 Å². The normalized spacial score (nSPS) is 15.4. The van der Waals surface area contributed by atoms with Crippen molar-refractivity contribution in [1.29, 1.82) is 0 Å². The molecule has 3 N–H and O–H groups in total. The molecular weight excluding hydrogens is 315 g/mol. The average molecular weight is 331 g/mol. The number of carboxylic acid groups (broad SMARTS) is 1. The molecular formula is C14H16Cl2N2O3. The molecule has 0 heterocycles. The van der Waals surface area contributed by atoms with E-state index in [-0.39, 0.29) is 21.3 Å². The first-order valence-electron chi connectivity index (χ1n) is 6.65. The van der Waals surface area contributed by atoms with E-state index in [1.54, 1.807) is 0 Å². The topological polar surface area (TPSA) is 78.4 Å². The van der Waals surface area contributed by atoms with Crippen molar-refractivity contribution in [3.05, 3.63) is 27.7 Å². The van der Waals surface area contributed by atoms with Gasteiger partial charge in [0.25, 0.3) is 0 Å². The third-order valence-electron chi connectivity index (χ3n) is 3.54. The lowest BCUT2D eigenvalue weighted by atomic mass is 10.1. The van der Waals surface area contributed by atoms with Crippen LogP contribution in [0.3, 0.4) is 0 Å². The second kappa shape index (κ2) is 6.54. The fraction of sp³-hybridized carbons (Fsp3) is 0.429. The first-order valence-corrected chi connectivity index (χ1v) is 7.41. The average Bonchev–Trinajstić information content (AvgIpc) is 3.24. The highest BCUT2D eigenvalue weighted by Crippen LogP contribution is 2.36. The highest BCUT2D eigenvalue weighted by Gasteiger charge is 2.27. The van der Waals surface area contributed by atoms with Crippen LogP contribution in [-0.4, -0.2) is 23.7 Å². The van der Waals surface area contributed by atoms with Gasteiger partial charge in [-0.2, -0.15) is 0 Å². The lowest BCUT2D eigenvalue weighted by Gasteiger charge is -2.14. The number of anilines is 1. The summed E-state index contributed by atoms with van der Waals surface area (Å²) >= 11 is 11.9. The van der Waals surface area contributed by atoms with E-state index in [0.29, 0.717) is 18.4 Å². The molecule has 1 aromatic carbocycles. The smallest absolute Gasteiger partial charge is 0.335 e. The largest absolute Gasteiger partial charge is 0.478 e. The van der Waals surface area contributed by atoms with Gasteiger partial charge in [-0.1, -0.05) is 30.1 Å². The van der Waals surface area contributed by atoms with Crippen LogP contribution < -0.4 is 10.6 Å². The Balaban J connectivity index is 1.98. The first kappa shape index (κ1) is 15.9. The van der Waals surface area contributed by atoms with E-state index in [4.69, 9.17) is 28.3 Å². The van der Waals surface area contributed by atoms with E-state index >= 15 is 0 Å². The molecule has 0 aromatic heterocycles. The number of carboxylic acids is 1. The molecule has 0 aliphatic heterocycles. The van der Waals surface area contributed by atoms with Crippen LogP contribution in [0, 0.1) is 11.8 Å². The predicted molar refractivity (Wildman–Crippen MR) is 82.3 cm³/mol. The zero-order valence-electron chi connectivity index (χ0n) is 11.5. The van der Waals surface area contributed by atoms with E-state index in [2.05, 4.69) is 17.6 Å². The third-order valence-corrected chi connectivity index (χ3v) is 4.14. The van der Waals surface area contributed by atoms with Crippen molar-refractivity contribution in [3.63, 3.8) is 0 Å². The Hall–Kier alpha value is -1.46. The van der Waals surface area contributed by atoms with Gasteiger partial charge in [0.1, 0.15) is 0 Å². The molecule has 0 bridgehead atoms. The quantitative estimate of drug-likeness (QED) is 0.767. The van der Waals surface area contributed by atoms with Gasteiger partial charge in [0.2, 0.25) is 0 Å². The van der Waals surface area contributed by atoms with E-state index in [1.807, 2.05) is 0 Å². The molecule has 2 rings (SSSR count). The predicted octanol–water partition coefficient (Wildman–Crippen LogP) is 3.86. The second-order valence-electron chi connectivity index (χ2n) is 5.27. The van der Waals surface area contributed by atoms with Crippen molar-refractivity contribution >= 4 is 40.9 Å². The van der Waals surface area contributed by atoms with Crippen LogP contribution in [0.15, 0.2) is 12.1 Å². The van der Waals surface area contributed by atoms with Gasteiger partial charge in [-0.3, -0.25) is 0 Å². The summed E-state index contributed by atoms with van der Waals surface area (Å²) < 4.78 is 0. The van der Waals surface area contributed by atoms with Crippen molar-refractivity contribution in [2.75, 3.05) is 11.9 Å². The van der Waals surface area contributed by atoms with Gasteiger partial charge in [0.15, 0.2) is 0 Å². The molecule has 1 saturated carbocycles. The number of benzene rings is 1. The first-order chi connectivity index (χ1) is 9.88. The van der Waals surface area contributed by atoms with Crippen LogP contribution in [0.5, 0.6) is 0 Å².